The fourth-order valence-corrected chi connectivity index (χ4v) is 4.09. The van der Waals surface area contributed by atoms with Gasteiger partial charge in [-0.2, -0.15) is 35.9 Å². The second-order valence-electron chi connectivity index (χ2n) is 7.79. The molecule has 5 rings (SSSR count). The molecule has 164 valence electrons. The molecule has 0 heterocycles. The van der Waals surface area contributed by atoms with Crippen LogP contribution in [0.2, 0.25) is 0 Å². The second kappa shape index (κ2) is 13.9. The third kappa shape index (κ3) is 7.81. The van der Waals surface area contributed by atoms with Crippen molar-refractivity contribution in [2.75, 3.05) is 0 Å². The molecule has 3 aromatic carbocycles. The maximum atomic E-state index is 3.30. The summed E-state index contributed by atoms with van der Waals surface area (Å²) in [6.07, 6.45) is 6.57. The maximum absolute atomic E-state index is 3.30. The summed E-state index contributed by atoms with van der Waals surface area (Å²) in [7, 11) is 0. The quantitative estimate of drug-likeness (QED) is 0.320. The van der Waals surface area contributed by atoms with Crippen LogP contribution in [-0.4, -0.2) is 3.21 Å². The first-order valence-corrected chi connectivity index (χ1v) is 11.7. The minimum Gasteiger partial charge on any atom is -1.00 e. The largest absolute Gasteiger partial charge is 1.00 e. The van der Waals surface area contributed by atoms with Gasteiger partial charge in [0.1, 0.15) is 0 Å². The van der Waals surface area contributed by atoms with Crippen LogP contribution in [0.1, 0.15) is 44.4 Å². The summed E-state index contributed by atoms with van der Waals surface area (Å²) in [4.78, 5) is 0. The van der Waals surface area contributed by atoms with E-state index in [1.807, 2.05) is 12.1 Å². The SMILES string of the molecule is CC1=[C-]C(C)C=C1C.C[C](=[Zr+2])c1ccccc1.[Cl-].[Cl-].[c-]1cccc2c1Cc1ccccc1-2. The first-order chi connectivity index (χ1) is 14.5. The molecule has 0 saturated carbocycles. The van der Waals surface area contributed by atoms with Crippen molar-refractivity contribution in [2.45, 2.75) is 34.1 Å². The topological polar surface area (TPSA) is 0 Å². The zero-order chi connectivity index (χ0) is 21.5. The van der Waals surface area contributed by atoms with Gasteiger partial charge in [-0.1, -0.05) is 55.2 Å². The normalized spacial score (nSPS) is 14.5. The van der Waals surface area contributed by atoms with Gasteiger partial charge in [-0.15, -0.1) is 12.5 Å². The molecular weight excluding hydrogens is 510 g/mol. The second-order valence-corrected chi connectivity index (χ2v) is 9.64. The van der Waals surface area contributed by atoms with Gasteiger partial charge in [0.05, 0.1) is 0 Å². The van der Waals surface area contributed by atoms with Crippen LogP contribution in [0, 0.1) is 18.1 Å². The van der Waals surface area contributed by atoms with Gasteiger partial charge in [0.25, 0.3) is 0 Å². The molecule has 1 unspecified atom stereocenters. The summed E-state index contributed by atoms with van der Waals surface area (Å²) in [5.41, 5.74) is 9.58. The van der Waals surface area contributed by atoms with E-state index in [1.54, 1.807) is 0 Å². The maximum Gasteiger partial charge on any atom is -0.0253 e. The van der Waals surface area contributed by atoms with Gasteiger partial charge in [-0.25, -0.2) is 11.1 Å². The molecule has 2 aliphatic rings. The van der Waals surface area contributed by atoms with Gasteiger partial charge in [-0.3, -0.25) is 6.08 Å². The number of rotatable bonds is 1. The molecule has 0 spiro atoms. The van der Waals surface area contributed by atoms with Crippen LogP contribution in [0.4, 0.5) is 0 Å². The zero-order valence-corrected chi connectivity index (χ0v) is 23.0. The standard InChI is InChI=1S/C13H9.C8H11.C8H8.2ClH.Zr/c1-3-7-12-10(5-1)9-11-6-2-4-8-13(11)12;1-6-4-7(2)8(3)5-6;1-2-8-6-4-3-5-7-8;;;/h1-5,7-8H,9H2;4,6H,1-3H3;3-7H,1H3;2*1H;/q2*-1;;;;+2/p-2. The predicted molar refractivity (Wildman–Crippen MR) is 125 cm³/mol. The van der Waals surface area contributed by atoms with E-state index in [1.165, 1.54) is 66.4 Å². The number of hydrogen-bond acceptors (Lipinski definition) is 0. The molecule has 32 heavy (non-hydrogen) atoms. The van der Waals surface area contributed by atoms with Crippen molar-refractivity contribution in [3.63, 3.8) is 0 Å². The summed E-state index contributed by atoms with van der Waals surface area (Å²) in [6.45, 7) is 8.55. The van der Waals surface area contributed by atoms with Crippen molar-refractivity contribution in [1.29, 1.82) is 0 Å². The van der Waals surface area contributed by atoms with E-state index in [0.29, 0.717) is 5.92 Å². The van der Waals surface area contributed by atoms with Crippen LogP contribution in [0.5, 0.6) is 0 Å². The van der Waals surface area contributed by atoms with Gasteiger partial charge in [-0.05, 0) is 6.42 Å². The van der Waals surface area contributed by atoms with Crippen LogP contribution in [0.3, 0.4) is 0 Å². The summed E-state index contributed by atoms with van der Waals surface area (Å²) in [6, 6.07) is 28.6. The van der Waals surface area contributed by atoms with Crippen molar-refractivity contribution >= 4 is 3.21 Å². The van der Waals surface area contributed by atoms with E-state index in [0.717, 1.165) is 6.42 Å². The minimum absolute atomic E-state index is 0. The molecule has 3 aromatic rings. The van der Waals surface area contributed by atoms with Crippen molar-refractivity contribution in [3.05, 3.63) is 119 Å². The third-order valence-corrected chi connectivity index (χ3v) is 6.07. The average molecular weight is 539 g/mol. The summed E-state index contributed by atoms with van der Waals surface area (Å²) in [5, 5.41) is 0. The number of allylic oxidation sites excluding steroid dienone is 4. The predicted octanol–water partition coefficient (Wildman–Crippen LogP) is 1.17. The molecule has 0 nitrogen and oxygen atoms in total. The van der Waals surface area contributed by atoms with Crippen molar-refractivity contribution in [1.82, 2.24) is 0 Å². The summed E-state index contributed by atoms with van der Waals surface area (Å²) >= 11 is 1.51. The first-order valence-electron chi connectivity index (χ1n) is 10.4. The molecule has 1 atom stereocenters. The van der Waals surface area contributed by atoms with Crippen molar-refractivity contribution in [2.24, 2.45) is 5.92 Å². The number of hydrogen-bond donors (Lipinski definition) is 0. The first kappa shape index (κ1) is 28.5. The molecule has 0 radical (unpaired) electrons. The summed E-state index contributed by atoms with van der Waals surface area (Å²) in [5.74, 6) is 0.551. The van der Waals surface area contributed by atoms with Gasteiger partial charge >= 0.3 is 70.3 Å². The third-order valence-electron chi connectivity index (χ3n) is 5.36. The van der Waals surface area contributed by atoms with Crippen LogP contribution in [0.15, 0.2) is 90.0 Å². The molecule has 3 heteroatoms. The Hall–Kier alpha value is -1.53. The Morgan fingerprint density at radius 1 is 0.875 bits per heavy atom. The minimum atomic E-state index is 0. The molecule has 2 aliphatic carbocycles. The van der Waals surface area contributed by atoms with Crippen LogP contribution in [-0.2, 0) is 30.7 Å². The number of fused-ring (bicyclic) bond motifs is 3. The van der Waals surface area contributed by atoms with E-state index in [9.17, 15) is 0 Å². The Bertz CT molecular complexity index is 1020. The molecule has 0 amide bonds. The van der Waals surface area contributed by atoms with Crippen molar-refractivity contribution < 1.29 is 49.0 Å². The fourth-order valence-electron chi connectivity index (χ4n) is 3.68. The summed E-state index contributed by atoms with van der Waals surface area (Å²) < 4.78 is 1.46. The molecule has 0 aliphatic heterocycles. The molecule has 0 saturated heterocycles. The Morgan fingerprint density at radius 3 is 2.03 bits per heavy atom. The zero-order valence-electron chi connectivity index (χ0n) is 19.0. The molecule has 0 aromatic heterocycles. The van der Waals surface area contributed by atoms with E-state index < -0.39 is 0 Å². The smallest absolute Gasteiger partial charge is 0.0253 e. The Labute approximate surface area is 221 Å². The number of benzene rings is 3. The van der Waals surface area contributed by atoms with E-state index >= 15 is 0 Å². The van der Waals surface area contributed by atoms with E-state index in [-0.39, 0.29) is 24.8 Å². The monoisotopic (exact) mass is 536 g/mol. The van der Waals surface area contributed by atoms with Gasteiger partial charge < -0.3 is 24.8 Å². The van der Waals surface area contributed by atoms with Gasteiger partial charge in [0, 0.05) is 0 Å². The number of halogens is 2. The van der Waals surface area contributed by atoms with E-state index in [4.69, 9.17) is 0 Å². The molecule has 0 fully saturated rings. The molecule has 0 N–H and O–H groups in total. The van der Waals surface area contributed by atoms with Crippen LogP contribution < -0.4 is 24.8 Å². The average Bonchev–Trinajstić information content (AvgIpc) is 3.28. The van der Waals surface area contributed by atoms with Crippen LogP contribution in [0.25, 0.3) is 11.1 Å². The van der Waals surface area contributed by atoms with Crippen LogP contribution >= 0.6 is 0 Å². The fraction of sp³-hybridized carbons (Fsp3) is 0.207. The van der Waals surface area contributed by atoms with Crippen molar-refractivity contribution in [3.8, 4) is 11.1 Å². The Balaban J connectivity index is 0.000000242. The van der Waals surface area contributed by atoms with Gasteiger partial charge in [0.15, 0.2) is 0 Å². The van der Waals surface area contributed by atoms with Gasteiger partial charge in [0.2, 0.25) is 0 Å². The van der Waals surface area contributed by atoms with E-state index in [2.05, 4.69) is 107 Å². The Morgan fingerprint density at radius 2 is 1.50 bits per heavy atom. The molecule has 0 bridgehead atoms. The molecular formula is C29H28Cl2Zr-2. The Kier molecular flexibility index (Phi) is 12.4.